The molecule has 0 unspecified atom stereocenters. The van der Waals surface area contributed by atoms with Gasteiger partial charge in [0.2, 0.25) is 0 Å². The topological polar surface area (TPSA) is 65.5 Å². The van der Waals surface area contributed by atoms with Gasteiger partial charge >= 0.3 is 5.97 Å². The van der Waals surface area contributed by atoms with E-state index in [2.05, 4.69) is 29.2 Å². The number of pyridine rings is 1. The van der Waals surface area contributed by atoms with Crippen LogP contribution in [0, 0.1) is 12.3 Å². The summed E-state index contributed by atoms with van der Waals surface area (Å²) in [5, 5.41) is 12.5. The van der Waals surface area contributed by atoms with Gasteiger partial charge in [0.25, 0.3) is 0 Å². The molecule has 1 aromatic rings. The van der Waals surface area contributed by atoms with Gasteiger partial charge in [0.05, 0.1) is 0 Å². The van der Waals surface area contributed by atoms with E-state index in [-0.39, 0.29) is 11.0 Å². The smallest absolute Gasteiger partial charge is 0.339 e. The molecule has 1 aromatic heterocycles. The summed E-state index contributed by atoms with van der Waals surface area (Å²) in [4.78, 5) is 17.9. The van der Waals surface area contributed by atoms with Gasteiger partial charge in [-0.3, -0.25) is 0 Å². The van der Waals surface area contributed by atoms with E-state index in [0.717, 1.165) is 38.2 Å². The number of hydrogen-bond acceptors (Lipinski definition) is 4. The van der Waals surface area contributed by atoms with Gasteiger partial charge in [-0.2, -0.15) is 0 Å². The van der Waals surface area contributed by atoms with E-state index in [1.54, 1.807) is 12.1 Å². The van der Waals surface area contributed by atoms with Crippen molar-refractivity contribution in [3.63, 3.8) is 0 Å². The van der Waals surface area contributed by atoms with Crippen molar-refractivity contribution in [3.05, 3.63) is 23.4 Å². The normalized spacial score (nSPS) is 18.8. The zero-order valence-electron chi connectivity index (χ0n) is 12.4. The molecule has 1 aliphatic heterocycles. The van der Waals surface area contributed by atoms with Crippen molar-refractivity contribution in [2.45, 2.75) is 26.7 Å². The number of carboxylic acid groups (broad SMARTS) is 1. The Labute approximate surface area is 120 Å². The van der Waals surface area contributed by atoms with Crippen LogP contribution in [0.25, 0.3) is 0 Å². The standard InChI is InChI=1S/C15H23N3O2/c1-11-4-5-12(14(19)20)13(17-11)16-10-15(2)6-8-18(3)9-7-15/h4-5H,6-10H2,1-3H3,(H,16,17)(H,19,20). The number of aryl methyl sites for hydroxylation is 1. The van der Waals surface area contributed by atoms with Gasteiger partial charge in [0.15, 0.2) is 0 Å². The van der Waals surface area contributed by atoms with Gasteiger partial charge in [0.1, 0.15) is 11.4 Å². The van der Waals surface area contributed by atoms with E-state index in [1.807, 2.05) is 6.92 Å². The number of nitrogens with one attached hydrogen (secondary N) is 1. The van der Waals surface area contributed by atoms with E-state index in [4.69, 9.17) is 0 Å². The Bertz CT molecular complexity index is 494. The molecule has 1 fully saturated rings. The maximum absolute atomic E-state index is 11.2. The lowest BCUT2D eigenvalue weighted by Crippen LogP contribution is -2.40. The number of carbonyl (C=O) groups is 1. The molecule has 2 rings (SSSR count). The van der Waals surface area contributed by atoms with Crippen LogP contribution in [0.3, 0.4) is 0 Å². The van der Waals surface area contributed by atoms with Crippen LogP contribution in [-0.2, 0) is 0 Å². The molecule has 0 saturated carbocycles. The molecule has 110 valence electrons. The second kappa shape index (κ2) is 5.79. The Kier molecular flexibility index (Phi) is 4.28. The molecule has 0 aliphatic carbocycles. The van der Waals surface area contributed by atoms with Gasteiger partial charge < -0.3 is 15.3 Å². The second-order valence-electron chi connectivity index (χ2n) is 6.12. The van der Waals surface area contributed by atoms with Gasteiger partial charge in [-0.25, -0.2) is 9.78 Å². The van der Waals surface area contributed by atoms with E-state index in [9.17, 15) is 9.90 Å². The number of nitrogens with zero attached hydrogens (tertiary/aromatic N) is 2. The predicted octanol–water partition coefficient (Wildman–Crippen LogP) is 2.23. The van der Waals surface area contributed by atoms with E-state index >= 15 is 0 Å². The van der Waals surface area contributed by atoms with Crippen LogP contribution in [0.5, 0.6) is 0 Å². The van der Waals surface area contributed by atoms with Crippen LogP contribution < -0.4 is 5.32 Å². The largest absolute Gasteiger partial charge is 0.478 e. The molecule has 20 heavy (non-hydrogen) atoms. The van der Waals surface area contributed by atoms with E-state index in [1.165, 1.54) is 0 Å². The van der Waals surface area contributed by atoms with Gasteiger partial charge in [0, 0.05) is 12.2 Å². The molecule has 0 amide bonds. The van der Waals surface area contributed by atoms with Crippen molar-refractivity contribution in [1.82, 2.24) is 9.88 Å². The lowest BCUT2D eigenvalue weighted by atomic mass is 9.80. The minimum absolute atomic E-state index is 0.202. The SMILES string of the molecule is Cc1ccc(C(=O)O)c(NCC2(C)CCN(C)CC2)n1. The van der Waals surface area contributed by atoms with Gasteiger partial charge in [-0.05, 0) is 57.5 Å². The summed E-state index contributed by atoms with van der Waals surface area (Å²) in [6.45, 7) is 7.06. The molecule has 1 saturated heterocycles. The molecule has 1 aliphatic rings. The lowest BCUT2D eigenvalue weighted by Gasteiger charge is -2.38. The minimum Gasteiger partial charge on any atom is -0.478 e. The number of aromatic carboxylic acids is 1. The Morgan fingerprint density at radius 2 is 2.10 bits per heavy atom. The number of piperidine rings is 1. The molecule has 0 radical (unpaired) electrons. The molecule has 2 N–H and O–H groups in total. The number of carboxylic acids is 1. The summed E-state index contributed by atoms with van der Waals surface area (Å²) in [5.41, 5.74) is 1.27. The zero-order chi connectivity index (χ0) is 14.8. The summed E-state index contributed by atoms with van der Waals surface area (Å²) < 4.78 is 0. The molecule has 0 bridgehead atoms. The molecular formula is C15H23N3O2. The third-order valence-corrected chi connectivity index (χ3v) is 4.14. The first-order chi connectivity index (χ1) is 9.39. The summed E-state index contributed by atoms with van der Waals surface area (Å²) in [7, 11) is 2.14. The maximum Gasteiger partial charge on any atom is 0.339 e. The highest BCUT2D eigenvalue weighted by Crippen LogP contribution is 2.30. The zero-order valence-corrected chi connectivity index (χ0v) is 12.4. The molecular weight excluding hydrogens is 254 g/mol. The third kappa shape index (κ3) is 3.48. The second-order valence-corrected chi connectivity index (χ2v) is 6.12. The molecule has 0 aromatic carbocycles. The van der Waals surface area contributed by atoms with Crippen molar-refractivity contribution in [1.29, 1.82) is 0 Å². The summed E-state index contributed by atoms with van der Waals surface area (Å²) in [6.07, 6.45) is 2.23. The van der Waals surface area contributed by atoms with Crippen molar-refractivity contribution in [3.8, 4) is 0 Å². The minimum atomic E-state index is -0.937. The highest BCUT2D eigenvalue weighted by Gasteiger charge is 2.29. The van der Waals surface area contributed by atoms with E-state index in [0.29, 0.717) is 5.82 Å². The van der Waals surface area contributed by atoms with Crippen LogP contribution in [0.4, 0.5) is 5.82 Å². The Morgan fingerprint density at radius 1 is 1.45 bits per heavy atom. The number of hydrogen-bond donors (Lipinski definition) is 2. The van der Waals surface area contributed by atoms with Gasteiger partial charge in [-0.15, -0.1) is 0 Å². The fourth-order valence-corrected chi connectivity index (χ4v) is 2.50. The number of likely N-dealkylation sites (tertiary alicyclic amines) is 1. The fourth-order valence-electron chi connectivity index (χ4n) is 2.50. The van der Waals surface area contributed by atoms with Crippen molar-refractivity contribution >= 4 is 11.8 Å². The predicted molar refractivity (Wildman–Crippen MR) is 79.3 cm³/mol. The number of aromatic nitrogens is 1. The van der Waals surface area contributed by atoms with Crippen molar-refractivity contribution in [2.75, 3.05) is 32.0 Å². The quantitative estimate of drug-likeness (QED) is 0.883. The Balaban J connectivity index is 2.07. The van der Waals surface area contributed by atoms with Crippen LogP contribution in [0.15, 0.2) is 12.1 Å². The average Bonchev–Trinajstić information content (AvgIpc) is 2.40. The maximum atomic E-state index is 11.2. The van der Waals surface area contributed by atoms with Crippen molar-refractivity contribution < 1.29 is 9.90 Å². The molecule has 0 atom stereocenters. The third-order valence-electron chi connectivity index (χ3n) is 4.14. The highest BCUT2D eigenvalue weighted by molar-refractivity contribution is 5.93. The first kappa shape index (κ1) is 14.8. The lowest BCUT2D eigenvalue weighted by molar-refractivity contribution is 0.0697. The molecule has 5 nitrogen and oxygen atoms in total. The molecule has 2 heterocycles. The van der Waals surface area contributed by atoms with Crippen LogP contribution in [-0.4, -0.2) is 47.6 Å². The number of rotatable bonds is 4. The van der Waals surface area contributed by atoms with Crippen molar-refractivity contribution in [2.24, 2.45) is 5.41 Å². The average molecular weight is 277 g/mol. The fraction of sp³-hybridized carbons (Fsp3) is 0.600. The van der Waals surface area contributed by atoms with Crippen LogP contribution in [0.1, 0.15) is 35.8 Å². The first-order valence-corrected chi connectivity index (χ1v) is 7.03. The highest BCUT2D eigenvalue weighted by atomic mass is 16.4. The summed E-state index contributed by atoms with van der Waals surface area (Å²) >= 11 is 0. The molecule has 5 heteroatoms. The first-order valence-electron chi connectivity index (χ1n) is 7.03. The summed E-state index contributed by atoms with van der Waals surface area (Å²) in [5.74, 6) is -0.453. The van der Waals surface area contributed by atoms with Gasteiger partial charge in [-0.1, -0.05) is 6.92 Å². The Hall–Kier alpha value is -1.62. The molecule has 0 spiro atoms. The Morgan fingerprint density at radius 3 is 2.70 bits per heavy atom. The number of anilines is 1. The summed E-state index contributed by atoms with van der Waals surface area (Å²) in [6, 6.07) is 3.34. The van der Waals surface area contributed by atoms with Crippen LogP contribution in [0.2, 0.25) is 0 Å². The van der Waals surface area contributed by atoms with Crippen LogP contribution >= 0.6 is 0 Å². The van der Waals surface area contributed by atoms with E-state index < -0.39 is 5.97 Å². The monoisotopic (exact) mass is 277 g/mol.